The lowest BCUT2D eigenvalue weighted by Gasteiger charge is -2.31. The predicted molar refractivity (Wildman–Crippen MR) is 145 cm³/mol. The lowest BCUT2D eigenvalue weighted by Crippen LogP contribution is -2.39. The number of rotatable bonds is 4. The van der Waals surface area contributed by atoms with Crippen molar-refractivity contribution in [2.75, 3.05) is 14.2 Å². The molecule has 0 fully saturated rings. The number of phenolic OH excluding ortho intramolecular Hbond substituents is 1. The molecule has 6 nitrogen and oxygen atoms in total. The second-order valence-corrected chi connectivity index (χ2v) is 10.3. The van der Waals surface area contributed by atoms with Crippen LogP contribution in [-0.2, 0) is 6.42 Å². The summed E-state index contributed by atoms with van der Waals surface area (Å²) < 4.78 is 13.3. The van der Waals surface area contributed by atoms with Gasteiger partial charge in [-0.15, -0.1) is 0 Å². The van der Waals surface area contributed by atoms with E-state index in [1.807, 2.05) is 30.3 Å². The highest BCUT2D eigenvalue weighted by Crippen LogP contribution is 2.43. The summed E-state index contributed by atoms with van der Waals surface area (Å²) >= 11 is 7.53. The van der Waals surface area contributed by atoms with Crippen LogP contribution in [0.5, 0.6) is 17.2 Å². The molecule has 0 saturated carbocycles. The maximum atomic E-state index is 13.9. The van der Waals surface area contributed by atoms with Gasteiger partial charge in [0.15, 0.2) is 16.3 Å². The SMILES string of the molecule is COc1ccccc1C1C2=C(N=c3sc(=Cc4cc(Cl)c(O)c(OC)c4)c(=O)n31)c1ccccc1CC2. The van der Waals surface area contributed by atoms with Crippen molar-refractivity contribution in [3.63, 3.8) is 0 Å². The van der Waals surface area contributed by atoms with E-state index in [0.717, 1.165) is 41.0 Å². The molecule has 0 spiro atoms. The number of ether oxygens (including phenoxy) is 2. The third-order valence-electron chi connectivity index (χ3n) is 6.87. The molecule has 4 aromatic rings. The molecule has 0 amide bonds. The molecule has 1 atom stereocenters. The Morgan fingerprint density at radius 3 is 2.62 bits per heavy atom. The van der Waals surface area contributed by atoms with E-state index in [0.29, 0.717) is 14.9 Å². The average molecular weight is 531 g/mol. The Labute approximate surface area is 222 Å². The molecule has 8 heteroatoms. The van der Waals surface area contributed by atoms with Gasteiger partial charge < -0.3 is 14.6 Å². The molecular formula is C29H23ClN2O4S. The highest BCUT2D eigenvalue weighted by atomic mass is 35.5. The number of phenols is 1. The normalized spacial score (nSPS) is 16.5. The zero-order valence-corrected chi connectivity index (χ0v) is 21.8. The van der Waals surface area contributed by atoms with Crippen LogP contribution < -0.4 is 24.4 Å². The summed E-state index contributed by atoms with van der Waals surface area (Å²) in [5, 5.41) is 10.3. The summed E-state index contributed by atoms with van der Waals surface area (Å²) in [6.07, 6.45) is 3.44. The van der Waals surface area contributed by atoms with Crippen molar-refractivity contribution in [3.05, 3.63) is 113 Å². The van der Waals surface area contributed by atoms with Crippen molar-refractivity contribution in [1.82, 2.24) is 4.57 Å². The maximum absolute atomic E-state index is 13.9. The van der Waals surface area contributed by atoms with Gasteiger partial charge in [-0.2, -0.15) is 0 Å². The van der Waals surface area contributed by atoms with Gasteiger partial charge in [0, 0.05) is 11.1 Å². The minimum Gasteiger partial charge on any atom is -0.503 e. The Kier molecular flexibility index (Phi) is 5.89. The van der Waals surface area contributed by atoms with Gasteiger partial charge in [-0.3, -0.25) is 9.36 Å². The molecule has 0 saturated heterocycles. The first-order valence-electron chi connectivity index (χ1n) is 11.8. The minimum atomic E-state index is -0.337. The van der Waals surface area contributed by atoms with Gasteiger partial charge in [-0.05, 0) is 53.8 Å². The van der Waals surface area contributed by atoms with Gasteiger partial charge in [0.25, 0.3) is 5.56 Å². The van der Waals surface area contributed by atoms with Crippen LogP contribution in [0.4, 0.5) is 0 Å². The largest absolute Gasteiger partial charge is 0.503 e. The monoisotopic (exact) mass is 530 g/mol. The fourth-order valence-corrected chi connectivity index (χ4v) is 6.40. The Morgan fingerprint density at radius 1 is 1.05 bits per heavy atom. The van der Waals surface area contributed by atoms with Crippen LogP contribution in [0.25, 0.3) is 11.8 Å². The van der Waals surface area contributed by atoms with E-state index < -0.39 is 0 Å². The van der Waals surface area contributed by atoms with Gasteiger partial charge in [0.1, 0.15) is 5.75 Å². The van der Waals surface area contributed by atoms with Crippen molar-refractivity contribution in [3.8, 4) is 17.2 Å². The number of aromatic hydroxyl groups is 1. The number of hydrogen-bond acceptors (Lipinski definition) is 6. The summed E-state index contributed by atoms with van der Waals surface area (Å²) in [5.74, 6) is 0.834. The standard InChI is InChI=1S/C29H23ClN2O4S/c1-35-22-10-6-5-9-19(22)26-20-12-11-17-7-3-4-8-18(17)25(20)31-29-32(26)28(34)24(37-29)15-16-13-21(30)27(33)23(14-16)36-2/h3-10,13-15,26,33H,11-12H2,1-2H3. The quantitative estimate of drug-likeness (QED) is 0.415. The number of aromatic nitrogens is 1. The van der Waals surface area contributed by atoms with E-state index in [1.54, 1.807) is 29.9 Å². The molecule has 1 aliphatic heterocycles. The average Bonchev–Trinajstić information content (AvgIpc) is 3.23. The second kappa shape index (κ2) is 9.25. The molecule has 1 unspecified atom stereocenters. The zero-order chi connectivity index (χ0) is 25.7. The van der Waals surface area contributed by atoms with E-state index in [1.165, 1.54) is 24.0 Å². The Morgan fingerprint density at radius 2 is 1.81 bits per heavy atom. The van der Waals surface area contributed by atoms with Crippen LogP contribution in [-0.4, -0.2) is 23.9 Å². The molecule has 0 radical (unpaired) electrons. The lowest BCUT2D eigenvalue weighted by molar-refractivity contribution is 0.373. The molecule has 1 aliphatic carbocycles. The third-order valence-corrected chi connectivity index (χ3v) is 8.15. The topological polar surface area (TPSA) is 73.1 Å². The zero-order valence-electron chi connectivity index (χ0n) is 20.2. The third kappa shape index (κ3) is 3.86. The lowest BCUT2D eigenvalue weighted by atomic mass is 9.83. The molecule has 186 valence electrons. The van der Waals surface area contributed by atoms with Crippen molar-refractivity contribution in [1.29, 1.82) is 0 Å². The summed E-state index contributed by atoms with van der Waals surface area (Å²) in [6, 6.07) is 19.1. The number of thiazole rings is 1. The summed E-state index contributed by atoms with van der Waals surface area (Å²) in [5.41, 5.74) is 5.83. The van der Waals surface area contributed by atoms with E-state index in [-0.39, 0.29) is 28.1 Å². The van der Waals surface area contributed by atoms with Crippen LogP contribution in [0, 0.1) is 0 Å². The first-order chi connectivity index (χ1) is 18.0. The number of nitrogens with zero attached hydrogens (tertiary/aromatic N) is 2. The molecule has 1 N–H and O–H groups in total. The van der Waals surface area contributed by atoms with Gasteiger partial charge in [0.2, 0.25) is 0 Å². The first-order valence-corrected chi connectivity index (χ1v) is 13.0. The molecule has 1 aromatic heterocycles. The first kappa shape index (κ1) is 23.6. The molecule has 2 aliphatic rings. The summed E-state index contributed by atoms with van der Waals surface area (Å²) in [4.78, 5) is 19.6. The van der Waals surface area contributed by atoms with Crippen LogP contribution in [0.15, 0.2) is 76.0 Å². The van der Waals surface area contributed by atoms with Crippen LogP contribution in [0.3, 0.4) is 0 Å². The molecule has 2 heterocycles. The van der Waals surface area contributed by atoms with Gasteiger partial charge in [0.05, 0.1) is 35.5 Å². The number of benzene rings is 3. The number of hydrogen-bond donors (Lipinski definition) is 1. The summed E-state index contributed by atoms with van der Waals surface area (Å²) in [7, 11) is 3.11. The minimum absolute atomic E-state index is 0.134. The van der Waals surface area contributed by atoms with E-state index in [2.05, 4.69) is 18.2 Å². The van der Waals surface area contributed by atoms with Gasteiger partial charge in [-0.1, -0.05) is 65.4 Å². The highest BCUT2D eigenvalue weighted by Gasteiger charge is 2.34. The molecule has 0 bridgehead atoms. The second-order valence-electron chi connectivity index (χ2n) is 8.91. The number of methoxy groups -OCH3 is 2. The number of aryl methyl sites for hydroxylation is 1. The van der Waals surface area contributed by atoms with Crippen molar-refractivity contribution >= 4 is 34.7 Å². The van der Waals surface area contributed by atoms with Crippen molar-refractivity contribution < 1.29 is 14.6 Å². The smallest absolute Gasteiger partial charge is 0.271 e. The molecule has 37 heavy (non-hydrogen) atoms. The fraction of sp³-hybridized carbons (Fsp3) is 0.172. The maximum Gasteiger partial charge on any atom is 0.271 e. The van der Waals surface area contributed by atoms with Gasteiger partial charge in [-0.25, -0.2) is 4.99 Å². The van der Waals surface area contributed by atoms with Crippen LogP contribution in [0.2, 0.25) is 5.02 Å². The van der Waals surface area contributed by atoms with E-state index in [9.17, 15) is 9.90 Å². The Hall–Kier alpha value is -3.81. The Bertz CT molecular complexity index is 1770. The number of fused-ring (bicyclic) bond motifs is 3. The summed E-state index contributed by atoms with van der Waals surface area (Å²) in [6.45, 7) is 0. The predicted octanol–water partition coefficient (Wildman–Crippen LogP) is 4.69. The number of para-hydroxylation sites is 1. The van der Waals surface area contributed by atoms with Crippen molar-refractivity contribution in [2.45, 2.75) is 18.9 Å². The van der Waals surface area contributed by atoms with E-state index >= 15 is 0 Å². The molecular weight excluding hydrogens is 508 g/mol. The molecule has 6 rings (SSSR count). The van der Waals surface area contributed by atoms with E-state index in [4.69, 9.17) is 26.1 Å². The van der Waals surface area contributed by atoms with Crippen molar-refractivity contribution in [2.24, 2.45) is 4.99 Å². The van der Waals surface area contributed by atoms with Crippen LogP contribution >= 0.6 is 22.9 Å². The van der Waals surface area contributed by atoms with Gasteiger partial charge >= 0.3 is 0 Å². The van der Waals surface area contributed by atoms with Crippen LogP contribution in [0.1, 0.15) is 34.7 Å². The fourth-order valence-electron chi connectivity index (χ4n) is 5.18. The highest BCUT2D eigenvalue weighted by molar-refractivity contribution is 7.07. The Balaban J connectivity index is 1.63. The number of allylic oxidation sites excluding steroid dienone is 1. The molecule has 3 aromatic carbocycles. The number of halogens is 1.